The van der Waals surface area contributed by atoms with Crippen molar-refractivity contribution in [3.8, 4) is 0 Å². The Labute approximate surface area is 424 Å². The van der Waals surface area contributed by atoms with Gasteiger partial charge in [-0.2, -0.15) is 0 Å². The number of carbonyl (C=O) groups excluding carboxylic acids is 11. The van der Waals surface area contributed by atoms with Gasteiger partial charge in [0.25, 0.3) is 5.91 Å². The summed E-state index contributed by atoms with van der Waals surface area (Å²) in [6, 6.07) is -7.96. The molecule has 0 aromatic rings. The maximum atomic E-state index is 14.7. The highest BCUT2D eigenvalue weighted by Crippen LogP contribution is 2.27. The zero-order valence-corrected chi connectivity index (χ0v) is 45.1. The summed E-state index contributed by atoms with van der Waals surface area (Å²) in [6.07, 6.45) is -0.0467. The lowest BCUT2D eigenvalue weighted by atomic mass is 9.98. The van der Waals surface area contributed by atoms with Gasteiger partial charge in [-0.25, -0.2) is 0 Å². The number of ether oxygens (including phenoxy) is 4. The standard InChI is InChI=1S/C50H83N7O15/c1-17-19-32(41(62)46(67)51-26-38(61)69-24-18-2)53-44(65)35-25-31(70-48(8,9)10)27-57(35)47(68)40(29(5)6)56-45(66)39(28(3)4)55-43(64)34(21-23-37(60)72-50(14,15)16)54-42(63)33(52-30(7)58)20-22-36(59)71-49(11,12)13/h18,28-29,31-35,39-40H,2,17,19-27H2,1,3-16H3,(H,51,67)(H,52,58)(H,53,65)(H,54,63)(H,55,64)(H,56,66)/t31-,32?,33?,34?,35+,39+,40?/m1/s1. The predicted octanol–water partition coefficient (Wildman–Crippen LogP) is 1.99. The molecule has 0 spiro atoms. The summed E-state index contributed by atoms with van der Waals surface area (Å²) in [7, 11) is 0. The molecule has 6 N–H and O–H groups in total. The van der Waals surface area contributed by atoms with Crippen molar-refractivity contribution in [1.82, 2.24) is 36.8 Å². The zero-order valence-electron chi connectivity index (χ0n) is 45.1. The van der Waals surface area contributed by atoms with Gasteiger partial charge in [-0.05, 0) is 93.4 Å². The van der Waals surface area contributed by atoms with E-state index in [1.807, 2.05) is 0 Å². The van der Waals surface area contributed by atoms with Crippen molar-refractivity contribution in [3.05, 3.63) is 12.7 Å². The van der Waals surface area contributed by atoms with Crippen molar-refractivity contribution in [3.63, 3.8) is 0 Å². The van der Waals surface area contributed by atoms with Crippen molar-refractivity contribution in [2.75, 3.05) is 19.7 Å². The van der Waals surface area contributed by atoms with Gasteiger partial charge in [0.2, 0.25) is 41.2 Å². The van der Waals surface area contributed by atoms with Gasteiger partial charge in [-0.1, -0.05) is 53.7 Å². The molecule has 7 atom stereocenters. The average molecular weight is 1020 g/mol. The van der Waals surface area contributed by atoms with E-state index in [-0.39, 0.29) is 51.7 Å². The lowest BCUT2D eigenvalue weighted by Gasteiger charge is -2.33. The molecule has 0 aromatic heterocycles. The largest absolute Gasteiger partial charge is 0.460 e. The van der Waals surface area contributed by atoms with Crippen LogP contribution in [0.4, 0.5) is 0 Å². The van der Waals surface area contributed by atoms with Gasteiger partial charge >= 0.3 is 17.9 Å². The molecule has 0 bridgehead atoms. The molecule has 1 rings (SSSR count). The number of nitrogens with zero attached hydrogens (tertiary/aromatic N) is 1. The van der Waals surface area contributed by atoms with Crippen LogP contribution in [0.25, 0.3) is 0 Å². The molecule has 1 aliphatic heterocycles. The number of amides is 7. The van der Waals surface area contributed by atoms with E-state index in [4.69, 9.17) is 18.9 Å². The number of carbonyl (C=O) groups is 11. The summed E-state index contributed by atoms with van der Waals surface area (Å²) in [5.41, 5.74) is -2.40. The molecule has 1 fully saturated rings. The molecule has 22 heteroatoms. The van der Waals surface area contributed by atoms with Gasteiger partial charge < -0.3 is 55.7 Å². The van der Waals surface area contributed by atoms with Crippen molar-refractivity contribution < 1.29 is 71.7 Å². The van der Waals surface area contributed by atoms with Crippen LogP contribution in [-0.2, 0) is 71.7 Å². The number of nitrogens with one attached hydrogen (secondary N) is 6. The smallest absolute Gasteiger partial charge is 0.325 e. The number of esters is 3. The molecule has 22 nitrogen and oxygen atoms in total. The number of ketones is 1. The SMILES string of the molecule is C=CCOC(=O)CNC(=O)C(=O)C(CCC)NC(=O)[C@@H]1C[C@@H](OC(C)(C)C)CN1C(=O)C(NC(=O)[C@@H](NC(=O)C(CCC(=O)OC(C)(C)C)NC(=O)C(CCC(=O)OC(C)(C)C)NC(C)=O)C(C)C)C(C)C. The minimum atomic E-state index is -1.48. The molecule has 1 aliphatic rings. The molecule has 0 aromatic carbocycles. The van der Waals surface area contributed by atoms with Crippen molar-refractivity contribution in [2.24, 2.45) is 11.8 Å². The molecule has 1 saturated heterocycles. The van der Waals surface area contributed by atoms with Crippen molar-refractivity contribution in [1.29, 1.82) is 0 Å². The molecule has 0 radical (unpaired) electrons. The Morgan fingerprint density at radius 2 is 1.14 bits per heavy atom. The Morgan fingerprint density at radius 1 is 0.639 bits per heavy atom. The van der Waals surface area contributed by atoms with Crippen LogP contribution in [0.1, 0.15) is 149 Å². The Bertz CT molecular complexity index is 1950. The molecule has 1 heterocycles. The molecular weight excluding hydrogens is 939 g/mol. The number of hydrogen-bond donors (Lipinski definition) is 6. The summed E-state index contributed by atoms with van der Waals surface area (Å²) in [5.74, 6) is -10.1. The minimum absolute atomic E-state index is 0.00708. The van der Waals surface area contributed by atoms with Crippen molar-refractivity contribution >= 4 is 65.0 Å². The molecule has 0 saturated carbocycles. The Hall–Kier alpha value is -5.93. The van der Waals surface area contributed by atoms with Crippen LogP contribution < -0.4 is 31.9 Å². The molecule has 4 unspecified atom stereocenters. The second-order valence-corrected chi connectivity index (χ2v) is 21.5. The van der Waals surface area contributed by atoms with Crippen molar-refractivity contribution in [2.45, 2.75) is 208 Å². The van der Waals surface area contributed by atoms with E-state index in [9.17, 15) is 52.7 Å². The van der Waals surface area contributed by atoms with Crippen LogP contribution >= 0.6 is 0 Å². The first-order valence-electron chi connectivity index (χ1n) is 24.6. The maximum absolute atomic E-state index is 14.7. The van der Waals surface area contributed by atoms with Crippen LogP contribution in [0.5, 0.6) is 0 Å². The zero-order chi connectivity index (χ0) is 55.5. The monoisotopic (exact) mass is 1020 g/mol. The third kappa shape index (κ3) is 24.0. The summed E-state index contributed by atoms with van der Waals surface area (Å²) < 4.78 is 21.8. The fraction of sp³-hybridized carbons (Fsp3) is 0.740. The number of hydrogen-bond acceptors (Lipinski definition) is 15. The van der Waals surface area contributed by atoms with Crippen LogP contribution in [0.15, 0.2) is 12.7 Å². The summed E-state index contributed by atoms with van der Waals surface area (Å²) in [6.45, 7) is 27.5. The van der Waals surface area contributed by atoms with E-state index in [1.54, 1.807) is 96.9 Å². The quantitative estimate of drug-likeness (QED) is 0.0297. The lowest BCUT2D eigenvalue weighted by molar-refractivity contribution is -0.156. The molecule has 408 valence electrons. The summed E-state index contributed by atoms with van der Waals surface area (Å²) in [5, 5.41) is 15.3. The van der Waals surface area contributed by atoms with E-state index in [1.165, 1.54) is 17.9 Å². The minimum Gasteiger partial charge on any atom is -0.460 e. The topological polar surface area (TPSA) is 300 Å². The van der Waals surface area contributed by atoms with E-state index >= 15 is 0 Å². The van der Waals surface area contributed by atoms with E-state index in [0.717, 1.165) is 0 Å². The van der Waals surface area contributed by atoms with E-state index in [0.29, 0.717) is 6.42 Å². The predicted molar refractivity (Wildman–Crippen MR) is 264 cm³/mol. The van der Waals surface area contributed by atoms with E-state index < -0.39 is 143 Å². The average Bonchev–Trinajstić information content (AvgIpc) is 3.65. The lowest BCUT2D eigenvalue weighted by Crippen LogP contribution is -2.61. The third-order valence-electron chi connectivity index (χ3n) is 10.5. The maximum Gasteiger partial charge on any atom is 0.325 e. The van der Waals surface area contributed by atoms with Gasteiger partial charge in [0, 0.05) is 32.7 Å². The summed E-state index contributed by atoms with van der Waals surface area (Å²) >= 11 is 0. The first-order chi connectivity index (χ1) is 33.1. The highest BCUT2D eigenvalue weighted by molar-refractivity contribution is 6.38. The summed E-state index contributed by atoms with van der Waals surface area (Å²) in [4.78, 5) is 148. The van der Waals surface area contributed by atoms with Crippen LogP contribution in [0.2, 0.25) is 0 Å². The first-order valence-corrected chi connectivity index (χ1v) is 24.6. The first kappa shape index (κ1) is 64.1. The molecule has 7 amide bonds. The molecule has 72 heavy (non-hydrogen) atoms. The number of rotatable bonds is 27. The van der Waals surface area contributed by atoms with Gasteiger partial charge in [0.05, 0.1) is 17.7 Å². The van der Waals surface area contributed by atoms with Crippen LogP contribution in [0, 0.1) is 11.8 Å². The highest BCUT2D eigenvalue weighted by atomic mass is 16.6. The molecular formula is C50H83N7O15. The third-order valence-corrected chi connectivity index (χ3v) is 10.5. The van der Waals surface area contributed by atoms with Gasteiger partial charge in [-0.3, -0.25) is 52.7 Å². The fourth-order valence-electron chi connectivity index (χ4n) is 7.39. The van der Waals surface area contributed by atoms with Gasteiger partial charge in [0.15, 0.2) is 0 Å². The Balaban J connectivity index is 3.53. The Morgan fingerprint density at radius 3 is 1.60 bits per heavy atom. The second kappa shape index (κ2) is 28.9. The van der Waals surface area contributed by atoms with Crippen LogP contribution in [-0.4, -0.2) is 149 Å². The van der Waals surface area contributed by atoms with Crippen LogP contribution in [0.3, 0.4) is 0 Å². The second-order valence-electron chi connectivity index (χ2n) is 21.5. The van der Waals surface area contributed by atoms with Gasteiger partial charge in [-0.15, -0.1) is 0 Å². The van der Waals surface area contributed by atoms with E-state index in [2.05, 4.69) is 38.5 Å². The number of likely N-dealkylation sites (tertiary alicyclic amines) is 1. The normalized spacial score (nSPS) is 17.0. The molecule has 0 aliphatic carbocycles. The fourth-order valence-corrected chi connectivity index (χ4v) is 7.39. The number of Topliss-reactive ketones (excluding diaryl/α,β-unsaturated/α-hetero) is 1. The highest BCUT2D eigenvalue weighted by Gasteiger charge is 2.46. The van der Waals surface area contributed by atoms with Gasteiger partial charge in [0.1, 0.15) is 54.6 Å². The Kier molecular flexibility index (Phi) is 25.8.